The molecule has 0 saturated carbocycles. The van der Waals surface area contributed by atoms with Crippen molar-refractivity contribution in [2.45, 2.75) is 6.92 Å². The van der Waals surface area contributed by atoms with Crippen molar-refractivity contribution < 1.29 is 14.2 Å². The summed E-state index contributed by atoms with van der Waals surface area (Å²) in [4.78, 5) is 8.76. The molecule has 2 aromatic rings. The lowest BCUT2D eigenvalue weighted by molar-refractivity contribution is 0.324. The highest BCUT2D eigenvalue weighted by atomic mass is 16.5. The molecule has 6 heteroatoms. The van der Waals surface area contributed by atoms with Crippen molar-refractivity contribution >= 4 is 5.82 Å². The van der Waals surface area contributed by atoms with Gasteiger partial charge in [0, 0.05) is 18.3 Å². The summed E-state index contributed by atoms with van der Waals surface area (Å²) in [5.41, 5.74) is 0.796. The Hall–Kier alpha value is -2.50. The highest BCUT2D eigenvalue weighted by molar-refractivity contribution is 5.67. The molecule has 1 aromatic heterocycles. The zero-order chi connectivity index (χ0) is 15.2. The van der Waals surface area contributed by atoms with Crippen LogP contribution in [0.1, 0.15) is 6.92 Å². The molecule has 0 radical (unpaired) electrons. The van der Waals surface area contributed by atoms with Gasteiger partial charge in [0.15, 0.2) is 17.3 Å². The molecule has 0 bridgehead atoms. The molecule has 1 heterocycles. The fourth-order valence-electron chi connectivity index (χ4n) is 1.99. The van der Waals surface area contributed by atoms with E-state index in [-0.39, 0.29) is 0 Å². The zero-order valence-corrected chi connectivity index (χ0v) is 12.6. The topological polar surface area (TPSA) is 65.5 Å². The molecular weight excluding hydrogens is 270 g/mol. The Morgan fingerprint density at radius 3 is 2.24 bits per heavy atom. The van der Waals surface area contributed by atoms with Gasteiger partial charge in [-0.15, -0.1) is 0 Å². The summed E-state index contributed by atoms with van der Waals surface area (Å²) in [6.07, 6.45) is 1.71. The zero-order valence-electron chi connectivity index (χ0n) is 12.6. The minimum atomic E-state index is 0.548. The van der Waals surface area contributed by atoms with Gasteiger partial charge in [-0.25, -0.2) is 9.97 Å². The van der Waals surface area contributed by atoms with Crippen LogP contribution in [0.3, 0.4) is 0 Å². The van der Waals surface area contributed by atoms with Crippen molar-refractivity contribution in [1.29, 1.82) is 0 Å². The summed E-state index contributed by atoms with van der Waals surface area (Å²) in [6, 6.07) is 5.48. The maximum Gasteiger partial charge on any atom is 0.203 e. The molecule has 0 spiro atoms. The maximum atomic E-state index is 5.34. The third-order valence-corrected chi connectivity index (χ3v) is 2.94. The van der Waals surface area contributed by atoms with Crippen LogP contribution in [0.25, 0.3) is 11.4 Å². The molecule has 0 saturated heterocycles. The van der Waals surface area contributed by atoms with E-state index in [9.17, 15) is 0 Å². The van der Waals surface area contributed by atoms with E-state index in [1.54, 1.807) is 27.5 Å². The van der Waals surface area contributed by atoms with Crippen molar-refractivity contribution in [1.82, 2.24) is 9.97 Å². The predicted molar refractivity (Wildman–Crippen MR) is 81.3 cm³/mol. The van der Waals surface area contributed by atoms with Gasteiger partial charge in [0.25, 0.3) is 0 Å². The Kier molecular flexibility index (Phi) is 4.81. The lowest BCUT2D eigenvalue weighted by Crippen LogP contribution is -2.01. The third-order valence-electron chi connectivity index (χ3n) is 2.94. The number of hydrogen-bond acceptors (Lipinski definition) is 6. The first-order chi connectivity index (χ1) is 10.2. The summed E-state index contributed by atoms with van der Waals surface area (Å²) < 4.78 is 16.0. The van der Waals surface area contributed by atoms with E-state index in [1.165, 1.54) is 0 Å². The number of nitrogens with zero attached hydrogens (tertiary/aromatic N) is 2. The fraction of sp³-hybridized carbons (Fsp3) is 0.333. The number of hydrogen-bond donors (Lipinski definition) is 1. The Labute approximate surface area is 124 Å². The van der Waals surface area contributed by atoms with E-state index >= 15 is 0 Å². The normalized spacial score (nSPS) is 10.1. The van der Waals surface area contributed by atoms with Gasteiger partial charge in [0.1, 0.15) is 5.82 Å². The second-order valence-electron chi connectivity index (χ2n) is 4.21. The molecule has 1 N–H and O–H groups in total. The number of anilines is 1. The van der Waals surface area contributed by atoms with Crippen molar-refractivity contribution in [3.63, 3.8) is 0 Å². The highest BCUT2D eigenvalue weighted by Crippen LogP contribution is 2.40. The van der Waals surface area contributed by atoms with E-state index in [1.807, 2.05) is 25.1 Å². The lowest BCUT2D eigenvalue weighted by Gasteiger charge is -2.14. The Balaban J connectivity index is 2.50. The van der Waals surface area contributed by atoms with Gasteiger partial charge in [0.05, 0.1) is 21.3 Å². The number of benzene rings is 1. The minimum absolute atomic E-state index is 0.548. The van der Waals surface area contributed by atoms with Crippen molar-refractivity contribution in [2.24, 2.45) is 0 Å². The molecule has 0 atom stereocenters. The summed E-state index contributed by atoms with van der Waals surface area (Å²) >= 11 is 0. The van der Waals surface area contributed by atoms with E-state index in [2.05, 4.69) is 15.3 Å². The minimum Gasteiger partial charge on any atom is -0.493 e. The molecule has 0 unspecified atom stereocenters. The van der Waals surface area contributed by atoms with Crippen molar-refractivity contribution in [3.05, 3.63) is 24.4 Å². The first-order valence-electron chi connectivity index (χ1n) is 6.60. The first kappa shape index (κ1) is 14.9. The van der Waals surface area contributed by atoms with Crippen LogP contribution in [0, 0.1) is 0 Å². The first-order valence-corrected chi connectivity index (χ1v) is 6.60. The third kappa shape index (κ3) is 3.16. The number of ether oxygens (including phenoxy) is 3. The molecule has 6 nitrogen and oxygen atoms in total. The molecule has 112 valence electrons. The van der Waals surface area contributed by atoms with Gasteiger partial charge in [0.2, 0.25) is 5.75 Å². The average Bonchev–Trinajstić information content (AvgIpc) is 2.54. The Morgan fingerprint density at radius 2 is 1.71 bits per heavy atom. The monoisotopic (exact) mass is 289 g/mol. The van der Waals surface area contributed by atoms with Crippen LogP contribution in [0.15, 0.2) is 24.4 Å². The molecule has 21 heavy (non-hydrogen) atoms. The summed E-state index contributed by atoms with van der Waals surface area (Å²) in [7, 11) is 4.73. The molecule has 1 aromatic carbocycles. The second kappa shape index (κ2) is 6.78. The maximum absolute atomic E-state index is 5.34. The summed E-state index contributed by atoms with van der Waals surface area (Å²) in [5.74, 6) is 3.06. The van der Waals surface area contributed by atoms with Gasteiger partial charge in [-0.2, -0.15) is 0 Å². The van der Waals surface area contributed by atoms with Crippen LogP contribution >= 0.6 is 0 Å². The van der Waals surface area contributed by atoms with E-state index in [4.69, 9.17) is 14.2 Å². The molecule has 0 aliphatic heterocycles. The summed E-state index contributed by atoms with van der Waals surface area (Å²) in [6.45, 7) is 2.81. The van der Waals surface area contributed by atoms with E-state index < -0.39 is 0 Å². The van der Waals surface area contributed by atoms with Gasteiger partial charge in [-0.1, -0.05) is 0 Å². The number of rotatable bonds is 6. The second-order valence-corrected chi connectivity index (χ2v) is 4.21. The molecule has 0 aliphatic carbocycles. The largest absolute Gasteiger partial charge is 0.493 e. The molecular formula is C15H19N3O3. The molecule has 0 aliphatic rings. The number of nitrogens with one attached hydrogen (secondary N) is 1. The van der Waals surface area contributed by atoms with E-state index in [0.29, 0.717) is 23.1 Å². The standard InChI is InChI=1S/C15H19N3O3/c1-5-16-13-6-7-17-15(18-13)10-8-11(19-2)14(21-4)12(9-10)20-3/h6-9H,5H2,1-4H3,(H,16,17,18). The molecule has 2 rings (SSSR count). The van der Waals surface area contributed by atoms with Crippen LogP contribution < -0.4 is 19.5 Å². The van der Waals surface area contributed by atoms with Crippen LogP contribution in [0.2, 0.25) is 0 Å². The smallest absolute Gasteiger partial charge is 0.203 e. The quantitative estimate of drug-likeness (QED) is 0.881. The van der Waals surface area contributed by atoms with Gasteiger partial charge >= 0.3 is 0 Å². The van der Waals surface area contributed by atoms with Crippen LogP contribution in [-0.4, -0.2) is 37.8 Å². The number of aromatic nitrogens is 2. The Morgan fingerprint density at radius 1 is 1.05 bits per heavy atom. The molecule has 0 fully saturated rings. The Bertz CT molecular complexity index is 592. The fourth-order valence-corrected chi connectivity index (χ4v) is 1.99. The SMILES string of the molecule is CCNc1ccnc(-c2cc(OC)c(OC)c(OC)c2)n1. The summed E-state index contributed by atoms with van der Waals surface area (Å²) in [5, 5.41) is 3.16. The van der Waals surface area contributed by atoms with Gasteiger partial charge < -0.3 is 19.5 Å². The van der Waals surface area contributed by atoms with Gasteiger partial charge in [-0.3, -0.25) is 0 Å². The predicted octanol–water partition coefficient (Wildman–Crippen LogP) is 2.60. The highest BCUT2D eigenvalue weighted by Gasteiger charge is 2.15. The van der Waals surface area contributed by atoms with Crippen molar-refractivity contribution in [2.75, 3.05) is 33.2 Å². The van der Waals surface area contributed by atoms with Crippen LogP contribution in [0.4, 0.5) is 5.82 Å². The van der Waals surface area contributed by atoms with Crippen LogP contribution in [0.5, 0.6) is 17.2 Å². The average molecular weight is 289 g/mol. The van der Waals surface area contributed by atoms with Gasteiger partial charge in [-0.05, 0) is 25.1 Å². The van der Waals surface area contributed by atoms with Crippen molar-refractivity contribution in [3.8, 4) is 28.6 Å². The lowest BCUT2D eigenvalue weighted by atomic mass is 10.1. The van der Waals surface area contributed by atoms with E-state index in [0.717, 1.165) is 17.9 Å². The number of methoxy groups -OCH3 is 3. The molecule has 0 amide bonds. The van der Waals surface area contributed by atoms with Crippen LogP contribution in [-0.2, 0) is 0 Å².